The second-order valence-corrected chi connectivity index (χ2v) is 6.30. The summed E-state index contributed by atoms with van der Waals surface area (Å²) in [4.78, 5) is 31.8. The molecule has 2 atom stereocenters. The van der Waals surface area contributed by atoms with Gasteiger partial charge in [-0.3, -0.25) is 9.59 Å². The van der Waals surface area contributed by atoms with Crippen molar-refractivity contribution in [3.63, 3.8) is 0 Å². The predicted molar refractivity (Wildman–Crippen MR) is 90.3 cm³/mol. The summed E-state index contributed by atoms with van der Waals surface area (Å²) in [5, 5.41) is 4.82. The van der Waals surface area contributed by atoms with Gasteiger partial charge in [0.25, 0.3) is 5.91 Å². The van der Waals surface area contributed by atoms with Crippen molar-refractivity contribution in [3.05, 3.63) is 64.1 Å². The van der Waals surface area contributed by atoms with Crippen LogP contribution in [0.2, 0.25) is 10.0 Å². The van der Waals surface area contributed by atoms with Gasteiger partial charge in [0.2, 0.25) is 12.0 Å². The zero-order valence-corrected chi connectivity index (χ0v) is 13.7. The van der Waals surface area contributed by atoms with Crippen LogP contribution in [0.15, 0.2) is 53.7 Å². The van der Waals surface area contributed by atoms with Crippen molar-refractivity contribution in [2.45, 2.75) is 6.10 Å². The summed E-state index contributed by atoms with van der Waals surface area (Å²) in [6.45, 7) is 0. The average Bonchev–Trinajstić information content (AvgIpc) is 3.09. The van der Waals surface area contributed by atoms with Crippen molar-refractivity contribution in [2.75, 3.05) is 4.90 Å². The highest BCUT2D eigenvalue weighted by Gasteiger charge is 2.56. The van der Waals surface area contributed by atoms with Gasteiger partial charge in [-0.1, -0.05) is 52.6 Å². The first-order valence-electron chi connectivity index (χ1n) is 7.20. The highest BCUT2D eigenvalue weighted by molar-refractivity contribution is 6.38. The first-order valence-corrected chi connectivity index (χ1v) is 7.95. The maximum atomic E-state index is 12.9. The number of rotatable bonds is 2. The van der Waals surface area contributed by atoms with Crippen LogP contribution in [0.1, 0.15) is 5.56 Å². The van der Waals surface area contributed by atoms with Crippen molar-refractivity contribution < 1.29 is 14.4 Å². The molecule has 0 saturated carbocycles. The first-order chi connectivity index (χ1) is 11.6. The van der Waals surface area contributed by atoms with Crippen LogP contribution in [0.3, 0.4) is 0 Å². The molecule has 5 nitrogen and oxygen atoms in total. The molecule has 0 aromatic heterocycles. The van der Waals surface area contributed by atoms with Crippen LogP contribution in [0.4, 0.5) is 5.69 Å². The van der Waals surface area contributed by atoms with Crippen molar-refractivity contribution in [1.82, 2.24) is 0 Å². The molecule has 0 radical (unpaired) electrons. The van der Waals surface area contributed by atoms with Crippen molar-refractivity contribution >= 4 is 46.4 Å². The molecule has 4 rings (SSSR count). The maximum Gasteiger partial charge on any atom is 0.278 e. The maximum absolute atomic E-state index is 12.9. The van der Waals surface area contributed by atoms with Gasteiger partial charge in [-0.25, -0.2) is 4.90 Å². The summed E-state index contributed by atoms with van der Waals surface area (Å²) < 4.78 is 0. The third-order valence-electron chi connectivity index (χ3n) is 4.03. The molecule has 0 bridgehead atoms. The zero-order valence-electron chi connectivity index (χ0n) is 12.1. The van der Waals surface area contributed by atoms with Gasteiger partial charge < -0.3 is 4.84 Å². The van der Waals surface area contributed by atoms with Gasteiger partial charge in [-0.2, -0.15) is 0 Å². The van der Waals surface area contributed by atoms with Gasteiger partial charge in [-0.15, -0.1) is 0 Å². The predicted octanol–water partition coefficient (Wildman–Crippen LogP) is 3.29. The number of benzene rings is 2. The lowest BCUT2D eigenvalue weighted by molar-refractivity contribution is -0.126. The SMILES string of the molecule is O=C1[C@@H]2C(c3ccccc3Cl)=NO[C@@H]2C(=O)N1c1cccc(Cl)c1. The molecule has 2 aliphatic rings. The molecular formula is C17H10Cl2N2O3. The molecule has 0 aliphatic carbocycles. The first kappa shape index (κ1) is 15.2. The van der Waals surface area contributed by atoms with Crippen molar-refractivity contribution in [2.24, 2.45) is 11.1 Å². The van der Waals surface area contributed by atoms with E-state index in [0.717, 1.165) is 4.90 Å². The molecule has 7 heteroatoms. The third-order valence-corrected chi connectivity index (χ3v) is 4.59. The number of carbonyl (C=O) groups is 2. The van der Waals surface area contributed by atoms with E-state index in [9.17, 15) is 9.59 Å². The number of hydrogen-bond acceptors (Lipinski definition) is 4. The summed E-state index contributed by atoms with van der Waals surface area (Å²) in [6.07, 6.45) is -0.970. The quantitative estimate of drug-likeness (QED) is 0.772. The number of hydrogen-bond donors (Lipinski definition) is 0. The highest BCUT2D eigenvalue weighted by Crippen LogP contribution is 2.36. The molecule has 0 unspecified atom stereocenters. The van der Waals surface area contributed by atoms with Crippen LogP contribution in [-0.2, 0) is 14.4 Å². The van der Waals surface area contributed by atoms with Crippen molar-refractivity contribution in [3.8, 4) is 0 Å². The molecule has 120 valence electrons. The monoisotopic (exact) mass is 360 g/mol. The summed E-state index contributed by atoms with van der Waals surface area (Å²) in [5.41, 5.74) is 1.36. The molecule has 2 aromatic carbocycles. The normalized spacial score (nSPS) is 22.4. The van der Waals surface area contributed by atoms with Crippen LogP contribution in [0, 0.1) is 5.92 Å². The topological polar surface area (TPSA) is 59.0 Å². The Balaban J connectivity index is 1.74. The second kappa shape index (κ2) is 5.61. The molecule has 2 aliphatic heterocycles. The summed E-state index contributed by atoms with van der Waals surface area (Å²) >= 11 is 12.2. The van der Waals surface area contributed by atoms with E-state index in [2.05, 4.69) is 5.16 Å². The lowest BCUT2D eigenvalue weighted by Gasteiger charge is -2.15. The molecule has 0 N–H and O–H groups in total. The smallest absolute Gasteiger partial charge is 0.278 e. The van der Waals surface area contributed by atoms with Gasteiger partial charge in [-0.05, 0) is 24.3 Å². The van der Waals surface area contributed by atoms with Crippen LogP contribution in [-0.4, -0.2) is 23.6 Å². The molecule has 2 aromatic rings. The van der Waals surface area contributed by atoms with Crippen LogP contribution in [0.25, 0.3) is 0 Å². The molecule has 1 saturated heterocycles. The number of carbonyl (C=O) groups excluding carboxylic acids is 2. The Morgan fingerprint density at radius 3 is 2.54 bits per heavy atom. The van der Waals surface area contributed by atoms with Gasteiger partial charge in [0.1, 0.15) is 11.6 Å². The molecule has 2 heterocycles. The molecule has 24 heavy (non-hydrogen) atoms. The number of oxime groups is 1. The third kappa shape index (κ3) is 2.20. The fourth-order valence-corrected chi connectivity index (χ4v) is 3.36. The number of fused-ring (bicyclic) bond motifs is 1. The fraction of sp³-hybridized carbons (Fsp3) is 0.118. The van der Waals surface area contributed by atoms with E-state index in [1.165, 1.54) is 0 Å². The van der Waals surface area contributed by atoms with Gasteiger partial charge in [0.05, 0.1) is 5.69 Å². The Bertz CT molecular complexity index is 897. The number of halogens is 2. The Morgan fingerprint density at radius 1 is 1.00 bits per heavy atom. The fourth-order valence-electron chi connectivity index (χ4n) is 2.94. The van der Waals surface area contributed by atoms with Crippen molar-refractivity contribution in [1.29, 1.82) is 0 Å². The van der Waals surface area contributed by atoms with E-state index in [0.29, 0.717) is 27.0 Å². The van der Waals surface area contributed by atoms with E-state index in [1.54, 1.807) is 48.5 Å². The van der Waals surface area contributed by atoms with Crippen LogP contribution >= 0.6 is 23.2 Å². The standard InChI is InChI=1S/C17H10Cl2N2O3/c18-9-4-3-5-10(8-9)21-16(22)13-14(20-24-15(13)17(21)23)11-6-1-2-7-12(11)19/h1-8,13,15H/t13-,15+/m1/s1. The minimum absolute atomic E-state index is 0.369. The minimum atomic E-state index is -0.970. The Morgan fingerprint density at radius 2 is 1.79 bits per heavy atom. The molecule has 2 amide bonds. The molecular weight excluding hydrogens is 351 g/mol. The van der Waals surface area contributed by atoms with E-state index >= 15 is 0 Å². The van der Waals surface area contributed by atoms with E-state index in [4.69, 9.17) is 28.0 Å². The number of imide groups is 1. The molecule has 0 spiro atoms. The number of anilines is 1. The summed E-state index contributed by atoms with van der Waals surface area (Å²) in [6, 6.07) is 13.6. The van der Waals surface area contributed by atoms with Gasteiger partial charge >= 0.3 is 0 Å². The van der Waals surface area contributed by atoms with E-state index < -0.39 is 23.8 Å². The highest BCUT2D eigenvalue weighted by atomic mass is 35.5. The second-order valence-electron chi connectivity index (χ2n) is 5.45. The van der Waals surface area contributed by atoms with E-state index in [-0.39, 0.29) is 0 Å². The lowest BCUT2D eigenvalue weighted by atomic mass is 9.94. The largest absolute Gasteiger partial charge is 0.381 e. The lowest BCUT2D eigenvalue weighted by Crippen LogP contribution is -2.33. The average molecular weight is 361 g/mol. The van der Waals surface area contributed by atoms with Crippen LogP contribution in [0.5, 0.6) is 0 Å². The van der Waals surface area contributed by atoms with Crippen LogP contribution < -0.4 is 4.90 Å². The number of nitrogens with zero attached hydrogens (tertiary/aromatic N) is 2. The number of amides is 2. The minimum Gasteiger partial charge on any atom is -0.381 e. The summed E-state index contributed by atoms with van der Waals surface area (Å²) in [7, 11) is 0. The zero-order chi connectivity index (χ0) is 16.8. The summed E-state index contributed by atoms with van der Waals surface area (Å²) in [5.74, 6) is -1.67. The van der Waals surface area contributed by atoms with Gasteiger partial charge in [0, 0.05) is 15.6 Å². The molecule has 1 fully saturated rings. The van der Waals surface area contributed by atoms with Gasteiger partial charge in [0.15, 0.2) is 0 Å². The van der Waals surface area contributed by atoms with E-state index in [1.807, 2.05) is 0 Å². The Kier molecular flexibility index (Phi) is 3.55. The Labute approximate surface area is 147 Å². The Hall–Kier alpha value is -2.37.